The maximum Gasteiger partial charge on any atom is 0.127 e. The SMILES string of the molecule is O=CC1CCNc2c(Br)cccc21. The molecule has 0 aromatic heterocycles. The highest BCUT2D eigenvalue weighted by atomic mass is 79.9. The van der Waals surface area contributed by atoms with Gasteiger partial charge in [0.05, 0.1) is 5.69 Å². The molecular weight excluding hydrogens is 230 g/mol. The number of hydrogen-bond donors (Lipinski definition) is 1. The van der Waals surface area contributed by atoms with Gasteiger partial charge < -0.3 is 10.1 Å². The molecule has 0 aliphatic carbocycles. The molecule has 1 aromatic carbocycles. The van der Waals surface area contributed by atoms with Gasteiger partial charge in [-0.2, -0.15) is 0 Å². The molecule has 2 nitrogen and oxygen atoms in total. The fourth-order valence-corrected chi connectivity index (χ4v) is 2.21. The van der Waals surface area contributed by atoms with Crippen LogP contribution in [0.3, 0.4) is 0 Å². The fourth-order valence-electron chi connectivity index (χ4n) is 1.69. The summed E-state index contributed by atoms with van der Waals surface area (Å²) in [5.41, 5.74) is 2.18. The summed E-state index contributed by atoms with van der Waals surface area (Å²) >= 11 is 3.46. The predicted molar refractivity (Wildman–Crippen MR) is 56.1 cm³/mol. The summed E-state index contributed by atoms with van der Waals surface area (Å²) in [5.74, 6) is 0.0637. The lowest BCUT2D eigenvalue weighted by Crippen LogP contribution is -2.17. The zero-order chi connectivity index (χ0) is 9.26. The summed E-state index contributed by atoms with van der Waals surface area (Å²) in [6.45, 7) is 0.874. The van der Waals surface area contributed by atoms with Crippen LogP contribution in [-0.4, -0.2) is 12.8 Å². The zero-order valence-electron chi connectivity index (χ0n) is 7.09. The van der Waals surface area contributed by atoms with Crippen LogP contribution in [0, 0.1) is 0 Å². The van der Waals surface area contributed by atoms with Gasteiger partial charge in [0.1, 0.15) is 6.29 Å². The van der Waals surface area contributed by atoms with Crippen molar-refractivity contribution < 1.29 is 4.79 Å². The van der Waals surface area contributed by atoms with Crippen LogP contribution >= 0.6 is 15.9 Å². The number of para-hydroxylation sites is 1. The standard InChI is InChI=1S/C10H10BrNO/c11-9-3-1-2-8-7(6-13)4-5-12-10(8)9/h1-3,6-7,12H,4-5H2. The summed E-state index contributed by atoms with van der Waals surface area (Å²) in [7, 11) is 0. The van der Waals surface area contributed by atoms with E-state index in [1.54, 1.807) is 0 Å². The third kappa shape index (κ3) is 1.48. The molecule has 1 atom stereocenters. The quantitative estimate of drug-likeness (QED) is 0.764. The first kappa shape index (κ1) is 8.75. The largest absolute Gasteiger partial charge is 0.384 e. The molecule has 0 saturated carbocycles. The number of fused-ring (bicyclic) bond motifs is 1. The van der Waals surface area contributed by atoms with E-state index in [9.17, 15) is 4.79 Å². The molecule has 1 unspecified atom stereocenters. The van der Waals surface area contributed by atoms with E-state index in [2.05, 4.69) is 21.2 Å². The van der Waals surface area contributed by atoms with Gasteiger partial charge in [0.2, 0.25) is 0 Å². The van der Waals surface area contributed by atoms with E-state index in [0.717, 1.165) is 35.0 Å². The van der Waals surface area contributed by atoms with Gasteiger partial charge >= 0.3 is 0 Å². The number of carbonyl (C=O) groups excluding carboxylic acids is 1. The smallest absolute Gasteiger partial charge is 0.127 e. The fraction of sp³-hybridized carbons (Fsp3) is 0.300. The lowest BCUT2D eigenvalue weighted by molar-refractivity contribution is -0.109. The van der Waals surface area contributed by atoms with Crippen LogP contribution in [-0.2, 0) is 4.79 Å². The molecule has 68 valence electrons. The average molecular weight is 240 g/mol. The molecule has 3 heteroatoms. The molecule has 1 aromatic rings. The number of hydrogen-bond acceptors (Lipinski definition) is 2. The van der Waals surface area contributed by atoms with E-state index in [1.165, 1.54) is 0 Å². The Bertz CT molecular complexity index is 338. The Kier molecular flexibility index (Phi) is 2.36. The third-order valence-electron chi connectivity index (χ3n) is 2.37. The minimum Gasteiger partial charge on any atom is -0.384 e. The van der Waals surface area contributed by atoms with E-state index >= 15 is 0 Å². The Morgan fingerprint density at radius 2 is 2.38 bits per heavy atom. The molecule has 0 spiro atoms. The van der Waals surface area contributed by atoms with Gasteiger partial charge in [0, 0.05) is 16.9 Å². The second-order valence-corrected chi connectivity index (χ2v) is 4.02. The minimum atomic E-state index is 0.0637. The van der Waals surface area contributed by atoms with E-state index < -0.39 is 0 Å². The van der Waals surface area contributed by atoms with Crippen molar-refractivity contribution in [3.8, 4) is 0 Å². The van der Waals surface area contributed by atoms with Gasteiger partial charge in [-0.15, -0.1) is 0 Å². The lowest BCUT2D eigenvalue weighted by Gasteiger charge is -2.23. The van der Waals surface area contributed by atoms with E-state index in [4.69, 9.17) is 0 Å². The molecular formula is C10H10BrNO. The van der Waals surface area contributed by atoms with Crippen molar-refractivity contribution >= 4 is 27.9 Å². The second kappa shape index (κ2) is 3.50. The molecule has 1 N–H and O–H groups in total. The van der Waals surface area contributed by atoms with Crippen LogP contribution in [0.4, 0.5) is 5.69 Å². The van der Waals surface area contributed by atoms with Gasteiger partial charge in [-0.1, -0.05) is 12.1 Å². The topological polar surface area (TPSA) is 29.1 Å². The highest BCUT2D eigenvalue weighted by Crippen LogP contribution is 2.35. The number of benzene rings is 1. The second-order valence-electron chi connectivity index (χ2n) is 3.16. The first-order valence-corrected chi connectivity index (χ1v) is 5.10. The molecule has 1 aliphatic rings. The molecule has 0 fully saturated rings. The summed E-state index contributed by atoms with van der Waals surface area (Å²) < 4.78 is 1.04. The van der Waals surface area contributed by atoms with Gasteiger partial charge in [-0.25, -0.2) is 0 Å². The Hall–Kier alpha value is -0.830. The van der Waals surface area contributed by atoms with Crippen molar-refractivity contribution in [1.29, 1.82) is 0 Å². The van der Waals surface area contributed by atoms with Crippen LogP contribution < -0.4 is 5.32 Å². The van der Waals surface area contributed by atoms with Crippen molar-refractivity contribution in [2.24, 2.45) is 0 Å². The van der Waals surface area contributed by atoms with E-state index in [0.29, 0.717) is 0 Å². The first-order chi connectivity index (χ1) is 6.33. The monoisotopic (exact) mass is 239 g/mol. The zero-order valence-corrected chi connectivity index (χ0v) is 8.67. The molecule has 0 saturated heterocycles. The lowest BCUT2D eigenvalue weighted by atomic mass is 9.92. The Morgan fingerprint density at radius 3 is 3.15 bits per heavy atom. The predicted octanol–water partition coefficient (Wildman–Crippen LogP) is 2.55. The van der Waals surface area contributed by atoms with Crippen LogP contribution in [0.5, 0.6) is 0 Å². The van der Waals surface area contributed by atoms with E-state index in [1.807, 2.05) is 18.2 Å². The van der Waals surface area contributed by atoms with Gasteiger partial charge in [-0.05, 0) is 34.0 Å². The molecule has 1 aliphatic heterocycles. The van der Waals surface area contributed by atoms with Crippen molar-refractivity contribution in [1.82, 2.24) is 0 Å². The number of nitrogens with one attached hydrogen (secondary N) is 1. The van der Waals surface area contributed by atoms with Gasteiger partial charge in [-0.3, -0.25) is 0 Å². The number of aldehydes is 1. The molecule has 0 radical (unpaired) electrons. The first-order valence-electron chi connectivity index (χ1n) is 4.30. The van der Waals surface area contributed by atoms with Crippen LogP contribution in [0.1, 0.15) is 17.9 Å². The Labute approximate surface area is 85.5 Å². The minimum absolute atomic E-state index is 0.0637. The van der Waals surface area contributed by atoms with Crippen LogP contribution in [0.2, 0.25) is 0 Å². The maximum absolute atomic E-state index is 10.8. The number of anilines is 1. The van der Waals surface area contributed by atoms with Crippen molar-refractivity contribution in [3.05, 3.63) is 28.2 Å². The number of carbonyl (C=O) groups is 1. The number of halogens is 1. The van der Waals surface area contributed by atoms with Crippen molar-refractivity contribution in [2.45, 2.75) is 12.3 Å². The van der Waals surface area contributed by atoms with Crippen LogP contribution in [0.15, 0.2) is 22.7 Å². The average Bonchev–Trinajstić information content (AvgIpc) is 2.18. The van der Waals surface area contributed by atoms with Crippen LogP contribution in [0.25, 0.3) is 0 Å². The van der Waals surface area contributed by atoms with Gasteiger partial charge in [0.15, 0.2) is 0 Å². The summed E-state index contributed by atoms with van der Waals surface area (Å²) in [4.78, 5) is 10.8. The van der Waals surface area contributed by atoms with Gasteiger partial charge in [0.25, 0.3) is 0 Å². The number of rotatable bonds is 1. The Morgan fingerprint density at radius 1 is 1.54 bits per heavy atom. The molecule has 1 heterocycles. The summed E-state index contributed by atoms with van der Waals surface area (Å²) in [5, 5.41) is 3.29. The molecule has 0 amide bonds. The highest BCUT2D eigenvalue weighted by molar-refractivity contribution is 9.10. The van der Waals surface area contributed by atoms with Crippen molar-refractivity contribution in [3.63, 3.8) is 0 Å². The summed E-state index contributed by atoms with van der Waals surface area (Å²) in [6, 6.07) is 5.96. The molecule has 0 bridgehead atoms. The summed E-state index contributed by atoms with van der Waals surface area (Å²) in [6.07, 6.45) is 1.93. The third-order valence-corrected chi connectivity index (χ3v) is 3.03. The normalized spacial score (nSPS) is 20.2. The highest BCUT2D eigenvalue weighted by Gasteiger charge is 2.20. The molecule has 13 heavy (non-hydrogen) atoms. The Balaban J connectivity index is 2.51. The molecule has 2 rings (SSSR count). The van der Waals surface area contributed by atoms with E-state index in [-0.39, 0.29) is 5.92 Å². The van der Waals surface area contributed by atoms with Crippen molar-refractivity contribution in [2.75, 3.05) is 11.9 Å². The maximum atomic E-state index is 10.8.